The summed E-state index contributed by atoms with van der Waals surface area (Å²) in [6.45, 7) is 0. The lowest BCUT2D eigenvalue weighted by atomic mass is 10.1. The van der Waals surface area contributed by atoms with Crippen LogP contribution in [0.15, 0.2) is 6.20 Å². The fourth-order valence-electron chi connectivity index (χ4n) is 1.25. The van der Waals surface area contributed by atoms with Gasteiger partial charge in [-0.15, -0.1) is 0 Å². The van der Waals surface area contributed by atoms with Crippen LogP contribution in [-0.2, 0) is 11.2 Å². The van der Waals surface area contributed by atoms with E-state index in [0.29, 0.717) is 0 Å². The van der Waals surface area contributed by atoms with Gasteiger partial charge < -0.3 is 5.11 Å². The average molecular weight is 358 g/mol. The molecule has 1 aromatic rings. The summed E-state index contributed by atoms with van der Waals surface area (Å²) in [5, 5.41) is 19.2. The second-order valence-electron chi connectivity index (χ2n) is 2.96. The van der Waals surface area contributed by atoms with Crippen LogP contribution in [0.4, 0.5) is 14.5 Å². The van der Waals surface area contributed by atoms with E-state index in [-0.39, 0.29) is 9.26 Å². The first-order valence-electron chi connectivity index (χ1n) is 4.16. The summed E-state index contributed by atoms with van der Waals surface area (Å²) in [4.78, 5) is 23.7. The van der Waals surface area contributed by atoms with Crippen molar-refractivity contribution < 1.29 is 23.6 Å². The Hall–Kier alpha value is -1.39. The third-order valence-electron chi connectivity index (χ3n) is 1.87. The molecule has 0 radical (unpaired) electrons. The second kappa shape index (κ2) is 5.29. The summed E-state index contributed by atoms with van der Waals surface area (Å²) in [5.74, 6) is -1.36. The quantitative estimate of drug-likeness (QED) is 0.385. The number of alkyl halides is 2. The van der Waals surface area contributed by atoms with Crippen molar-refractivity contribution in [3.05, 3.63) is 31.1 Å². The molecule has 9 heteroatoms. The molecule has 0 bridgehead atoms. The van der Waals surface area contributed by atoms with Crippen LogP contribution in [-0.4, -0.2) is 21.0 Å². The molecule has 1 N–H and O–H groups in total. The molecular weight excluding hydrogens is 353 g/mol. The minimum absolute atomic E-state index is 0.197. The number of halogens is 3. The molecule has 0 atom stereocenters. The van der Waals surface area contributed by atoms with Gasteiger partial charge in [-0.2, -0.15) is 0 Å². The predicted molar refractivity (Wildman–Crippen MR) is 59.9 cm³/mol. The van der Waals surface area contributed by atoms with Gasteiger partial charge in [-0.3, -0.25) is 14.9 Å². The van der Waals surface area contributed by atoms with Crippen LogP contribution in [0.2, 0.25) is 0 Å². The van der Waals surface area contributed by atoms with Gasteiger partial charge in [0.2, 0.25) is 0 Å². The van der Waals surface area contributed by atoms with Crippen LogP contribution in [0, 0.1) is 13.8 Å². The molecule has 0 saturated carbocycles. The first-order valence-corrected chi connectivity index (χ1v) is 5.24. The topological polar surface area (TPSA) is 93.3 Å². The number of hydrogen-bond donors (Lipinski definition) is 1. The van der Waals surface area contributed by atoms with Crippen molar-refractivity contribution in [1.29, 1.82) is 0 Å². The van der Waals surface area contributed by atoms with Gasteiger partial charge in [-0.05, 0) is 28.2 Å². The molecular formula is C8H5F2IN2O4. The Balaban J connectivity index is 3.47. The fourth-order valence-corrected chi connectivity index (χ4v) is 1.88. The van der Waals surface area contributed by atoms with Crippen molar-refractivity contribution in [2.45, 2.75) is 12.8 Å². The zero-order valence-corrected chi connectivity index (χ0v) is 10.2. The van der Waals surface area contributed by atoms with Gasteiger partial charge in [0.1, 0.15) is 5.56 Å². The highest BCUT2D eigenvalue weighted by molar-refractivity contribution is 14.1. The summed E-state index contributed by atoms with van der Waals surface area (Å²) < 4.78 is 25.3. The Morgan fingerprint density at radius 3 is 2.65 bits per heavy atom. The fraction of sp³-hybridized carbons (Fsp3) is 0.250. The highest BCUT2D eigenvalue weighted by Gasteiger charge is 2.30. The van der Waals surface area contributed by atoms with Gasteiger partial charge in [0.05, 0.1) is 11.3 Å². The van der Waals surface area contributed by atoms with Crippen LogP contribution in [0.1, 0.15) is 17.6 Å². The van der Waals surface area contributed by atoms with E-state index < -0.39 is 35.0 Å². The smallest absolute Gasteiger partial charge is 0.310 e. The molecule has 0 aromatic carbocycles. The molecule has 0 spiro atoms. The molecule has 1 aromatic heterocycles. The maximum Gasteiger partial charge on any atom is 0.310 e. The number of aromatic nitrogens is 1. The summed E-state index contributed by atoms with van der Waals surface area (Å²) in [7, 11) is 0. The summed E-state index contributed by atoms with van der Waals surface area (Å²) in [5.41, 5.74) is -2.06. The SMILES string of the molecule is O=C(O)Cc1cnc(I)c([N+](=O)[O-])c1C(F)F. The van der Waals surface area contributed by atoms with E-state index >= 15 is 0 Å². The molecule has 0 aliphatic heterocycles. The number of nitrogens with zero attached hydrogens (tertiary/aromatic N) is 2. The molecule has 0 saturated heterocycles. The summed E-state index contributed by atoms with van der Waals surface area (Å²) in [6.07, 6.45) is -2.93. The van der Waals surface area contributed by atoms with Crippen LogP contribution < -0.4 is 0 Å². The third-order valence-corrected chi connectivity index (χ3v) is 2.66. The van der Waals surface area contributed by atoms with E-state index in [1.807, 2.05) is 0 Å². The van der Waals surface area contributed by atoms with E-state index in [1.54, 1.807) is 0 Å². The zero-order valence-electron chi connectivity index (χ0n) is 8.06. The highest BCUT2D eigenvalue weighted by Crippen LogP contribution is 2.34. The Bertz CT molecular complexity index is 481. The van der Waals surface area contributed by atoms with Crippen LogP contribution in [0.25, 0.3) is 0 Å². The van der Waals surface area contributed by atoms with Crippen LogP contribution in [0.3, 0.4) is 0 Å². The number of rotatable bonds is 4. The third kappa shape index (κ3) is 3.05. The van der Waals surface area contributed by atoms with E-state index in [1.165, 1.54) is 22.6 Å². The van der Waals surface area contributed by atoms with Gasteiger partial charge >= 0.3 is 11.7 Å². The van der Waals surface area contributed by atoms with Gasteiger partial charge in [0.15, 0.2) is 3.70 Å². The van der Waals surface area contributed by atoms with E-state index in [4.69, 9.17) is 5.11 Å². The van der Waals surface area contributed by atoms with Gasteiger partial charge in [-0.1, -0.05) is 0 Å². The molecule has 0 aliphatic rings. The number of nitro groups is 1. The van der Waals surface area contributed by atoms with Crippen molar-refractivity contribution >= 4 is 34.2 Å². The van der Waals surface area contributed by atoms with E-state index in [2.05, 4.69) is 4.98 Å². The number of hydrogen-bond acceptors (Lipinski definition) is 4. The monoisotopic (exact) mass is 358 g/mol. The van der Waals surface area contributed by atoms with Crippen LogP contribution >= 0.6 is 22.6 Å². The molecule has 92 valence electrons. The van der Waals surface area contributed by atoms with Crippen molar-refractivity contribution in [1.82, 2.24) is 4.98 Å². The number of carbonyl (C=O) groups is 1. The Morgan fingerprint density at radius 2 is 2.24 bits per heavy atom. The molecule has 6 nitrogen and oxygen atoms in total. The van der Waals surface area contributed by atoms with E-state index in [9.17, 15) is 23.7 Å². The van der Waals surface area contributed by atoms with Gasteiger partial charge in [0, 0.05) is 6.20 Å². The van der Waals surface area contributed by atoms with Crippen molar-refractivity contribution in [3.63, 3.8) is 0 Å². The molecule has 0 unspecified atom stereocenters. The largest absolute Gasteiger partial charge is 0.481 e. The molecule has 1 rings (SSSR count). The summed E-state index contributed by atoms with van der Waals surface area (Å²) in [6, 6.07) is 0. The second-order valence-corrected chi connectivity index (χ2v) is 3.99. The van der Waals surface area contributed by atoms with Gasteiger partial charge in [-0.25, -0.2) is 13.8 Å². The highest BCUT2D eigenvalue weighted by atomic mass is 127. The molecule has 1 heterocycles. The number of carboxylic acids is 1. The van der Waals surface area contributed by atoms with Crippen molar-refractivity contribution in [2.75, 3.05) is 0 Å². The van der Waals surface area contributed by atoms with Crippen LogP contribution in [0.5, 0.6) is 0 Å². The Kier molecular flexibility index (Phi) is 4.26. The standard InChI is InChI=1S/C8H5F2IN2O4/c9-7(10)5-3(1-4(14)15)2-12-8(11)6(5)13(16)17/h2,7H,1H2,(H,14,15). The zero-order chi connectivity index (χ0) is 13.2. The molecule has 0 amide bonds. The lowest BCUT2D eigenvalue weighted by Crippen LogP contribution is -2.09. The summed E-state index contributed by atoms with van der Waals surface area (Å²) >= 11 is 1.45. The van der Waals surface area contributed by atoms with Gasteiger partial charge in [0.25, 0.3) is 6.43 Å². The predicted octanol–water partition coefficient (Wildman–Crippen LogP) is 2.16. The molecule has 17 heavy (non-hydrogen) atoms. The van der Waals surface area contributed by atoms with Crippen molar-refractivity contribution in [2.24, 2.45) is 0 Å². The lowest BCUT2D eigenvalue weighted by molar-refractivity contribution is -0.387. The maximum absolute atomic E-state index is 12.8. The maximum atomic E-state index is 12.8. The minimum Gasteiger partial charge on any atom is -0.481 e. The minimum atomic E-state index is -3.12. The molecule has 0 aliphatic carbocycles. The molecule has 0 fully saturated rings. The van der Waals surface area contributed by atoms with Crippen molar-refractivity contribution in [3.8, 4) is 0 Å². The Labute approximate surface area is 107 Å². The lowest BCUT2D eigenvalue weighted by Gasteiger charge is -2.08. The average Bonchev–Trinajstić information content (AvgIpc) is 2.18. The van der Waals surface area contributed by atoms with E-state index in [0.717, 1.165) is 6.20 Å². The number of pyridine rings is 1. The first-order chi connectivity index (χ1) is 7.84. The Morgan fingerprint density at radius 1 is 1.65 bits per heavy atom. The normalized spacial score (nSPS) is 10.6. The number of carboxylic acid groups (broad SMARTS) is 1. The first kappa shape index (κ1) is 13.7. The number of aliphatic carboxylic acids is 1.